The van der Waals surface area contributed by atoms with E-state index in [1.807, 2.05) is 42.2 Å². The molecule has 1 aliphatic carbocycles. The molecule has 2 aliphatic rings. The Morgan fingerprint density at radius 3 is 2.56 bits per heavy atom. The molecule has 2 amide bonds. The summed E-state index contributed by atoms with van der Waals surface area (Å²) in [5.41, 5.74) is 2.32. The number of carbonyl (C=O) groups is 1. The number of hydrogen-bond acceptors (Lipinski definition) is 2. The van der Waals surface area contributed by atoms with Crippen LogP contribution in [-0.4, -0.2) is 33.3 Å². The summed E-state index contributed by atoms with van der Waals surface area (Å²) >= 11 is 0. The predicted octanol–water partition coefficient (Wildman–Crippen LogP) is 3.65. The number of urea groups is 1. The van der Waals surface area contributed by atoms with Crippen LogP contribution in [0, 0.1) is 6.92 Å². The molecule has 1 saturated carbocycles. The molecule has 1 aromatic carbocycles. The average Bonchev–Trinajstić information content (AvgIpc) is 3.27. The molecule has 2 heterocycles. The normalized spacial score (nSPS) is 20.8. The van der Waals surface area contributed by atoms with Crippen molar-refractivity contribution in [1.82, 2.24) is 20.0 Å². The molecule has 1 saturated heterocycles. The Labute approximate surface area is 159 Å². The van der Waals surface area contributed by atoms with E-state index >= 15 is 0 Å². The van der Waals surface area contributed by atoms with Gasteiger partial charge in [0.2, 0.25) is 0 Å². The van der Waals surface area contributed by atoms with Gasteiger partial charge in [-0.25, -0.2) is 9.48 Å². The van der Waals surface area contributed by atoms with Gasteiger partial charge in [0.25, 0.3) is 5.56 Å². The van der Waals surface area contributed by atoms with Crippen LogP contribution in [0.2, 0.25) is 0 Å². The summed E-state index contributed by atoms with van der Waals surface area (Å²) in [5, 5.41) is 6.40. The number of carbonyl (C=O) groups excluding carboxylic acids is 1. The number of amides is 2. The Morgan fingerprint density at radius 1 is 1.07 bits per heavy atom. The monoisotopic (exact) mass is 368 g/mol. The highest BCUT2D eigenvalue weighted by Gasteiger charge is 2.35. The molecule has 2 fully saturated rings. The predicted molar refractivity (Wildman–Crippen MR) is 105 cm³/mol. The standard InChI is InChI=1S/C21H28N4O2/c1-15-19(20(26)25(23-15)17-11-6-3-7-12-17)18-13-8-14-24(18)21(27)22-16-9-4-2-5-10-16/h3,6-7,11-12,16,18,23H,2,4-5,8-10,13-14H2,1H3,(H,22,27). The van der Waals surface area contributed by atoms with E-state index in [9.17, 15) is 9.59 Å². The van der Waals surface area contributed by atoms with E-state index in [0.717, 1.165) is 42.6 Å². The van der Waals surface area contributed by atoms with Gasteiger partial charge in [0.1, 0.15) is 0 Å². The molecule has 2 aromatic rings. The second-order valence-corrected chi connectivity index (χ2v) is 7.76. The molecular formula is C21H28N4O2. The fraction of sp³-hybridized carbons (Fsp3) is 0.524. The molecule has 6 nitrogen and oxygen atoms in total. The first-order valence-corrected chi connectivity index (χ1v) is 10.1. The van der Waals surface area contributed by atoms with Crippen LogP contribution in [0.1, 0.15) is 62.2 Å². The molecule has 27 heavy (non-hydrogen) atoms. The number of aryl methyl sites for hydroxylation is 1. The SMILES string of the molecule is Cc1[nH]n(-c2ccccc2)c(=O)c1C1CCCN1C(=O)NC1CCCCC1. The largest absolute Gasteiger partial charge is 0.335 e. The third-order valence-electron chi connectivity index (χ3n) is 5.91. The summed E-state index contributed by atoms with van der Waals surface area (Å²) < 4.78 is 1.58. The van der Waals surface area contributed by atoms with E-state index in [0.29, 0.717) is 6.54 Å². The van der Waals surface area contributed by atoms with Crippen LogP contribution >= 0.6 is 0 Å². The summed E-state index contributed by atoms with van der Waals surface area (Å²) in [5.74, 6) is 0. The molecule has 1 aliphatic heterocycles. The number of hydrogen-bond donors (Lipinski definition) is 2. The minimum absolute atomic E-state index is 0.0179. The zero-order valence-electron chi connectivity index (χ0n) is 15.9. The minimum atomic E-state index is -0.151. The number of H-pyrrole nitrogens is 1. The van der Waals surface area contributed by atoms with Crippen LogP contribution in [0.3, 0.4) is 0 Å². The highest BCUT2D eigenvalue weighted by atomic mass is 16.2. The van der Waals surface area contributed by atoms with Gasteiger partial charge in [-0.2, -0.15) is 0 Å². The Hall–Kier alpha value is -2.50. The van der Waals surface area contributed by atoms with Gasteiger partial charge >= 0.3 is 6.03 Å². The Balaban J connectivity index is 1.58. The van der Waals surface area contributed by atoms with E-state index < -0.39 is 0 Å². The lowest BCUT2D eigenvalue weighted by atomic mass is 9.96. The van der Waals surface area contributed by atoms with Crippen LogP contribution in [0.5, 0.6) is 0 Å². The van der Waals surface area contributed by atoms with E-state index in [2.05, 4.69) is 10.4 Å². The number of para-hydroxylation sites is 1. The van der Waals surface area contributed by atoms with Crippen LogP contribution < -0.4 is 10.9 Å². The Bertz CT molecular complexity index is 849. The van der Waals surface area contributed by atoms with Gasteiger partial charge < -0.3 is 10.2 Å². The molecule has 0 spiro atoms. The number of rotatable bonds is 3. The van der Waals surface area contributed by atoms with Crippen molar-refractivity contribution in [2.45, 2.75) is 64.0 Å². The van der Waals surface area contributed by atoms with Gasteiger partial charge in [0.15, 0.2) is 0 Å². The number of nitrogens with one attached hydrogen (secondary N) is 2. The maximum atomic E-state index is 13.1. The van der Waals surface area contributed by atoms with Gasteiger partial charge in [0.05, 0.1) is 17.3 Å². The van der Waals surface area contributed by atoms with Gasteiger partial charge in [0, 0.05) is 18.3 Å². The van der Waals surface area contributed by atoms with Crippen molar-refractivity contribution in [1.29, 1.82) is 0 Å². The first-order chi connectivity index (χ1) is 13.1. The third-order valence-corrected chi connectivity index (χ3v) is 5.91. The maximum absolute atomic E-state index is 13.1. The van der Waals surface area contributed by atoms with Gasteiger partial charge in [-0.05, 0) is 44.7 Å². The summed E-state index contributed by atoms with van der Waals surface area (Å²) in [6.07, 6.45) is 7.53. The van der Waals surface area contributed by atoms with Crippen molar-refractivity contribution >= 4 is 6.03 Å². The topological polar surface area (TPSA) is 70.1 Å². The number of aromatic amines is 1. The van der Waals surface area contributed by atoms with Crippen molar-refractivity contribution < 1.29 is 4.79 Å². The smallest absolute Gasteiger partial charge is 0.318 e. The van der Waals surface area contributed by atoms with Crippen molar-refractivity contribution in [3.63, 3.8) is 0 Å². The van der Waals surface area contributed by atoms with Crippen molar-refractivity contribution in [2.24, 2.45) is 0 Å². The fourth-order valence-corrected chi connectivity index (χ4v) is 4.53. The number of benzene rings is 1. The Kier molecular flexibility index (Phi) is 5.05. The zero-order valence-corrected chi connectivity index (χ0v) is 15.9. The highest BCUT2D eigenvalue weighted by molar-refractivity contribution is 5.75. The van der Waals surface area contributed by atoms with Crippen molar-refractivity contribution in [2.75, 3.05) is 6.54 Å². The lowest BCUT2D eigenvalue weighted by Gasteiger charge is -2.29. The quantitative estimate of drug-likeness (QED) is 0.868. The van der Waals surface area contributed by atoms with Gasteiger partial charge in [-0.15, -0.1) is 0 Å². The average molecular weight is 368 g/mol. The van der Waals surface area contributed by atoms with E-state index in [-0.39, 0.29) is 23.7 Å². The second-order valence-electron chi connectivity index (χ2n) is 7.76. The first kappa shape index (κ1) is 17.9. The number of likely N-dealkylation sites (tertiary alicyclic amines) is 1. The van der Waals surface area contributed by atoms with Crippen LogP contribution in [0.15, 0.2) is 35.1 Å². The molecular weight excluding hydrogens is 340 g/mol. The molecule has 1 atom stereocenters. The summed E-state index contributed by atoms with van der Waals surface area (Å²) in [4.78, 5) is 27.9. The minimum Gasteiger partial charge on any atom is -0.335 e. The summed E-state index contributed by atoms with van der Waals surface area (Å²) in [7, 11) is 0. The maximum Gasteiger partial charge on any atom is 0.318 e. The molecule has 1 unspecified atom stereocenters. The lowest BCUT2D eigenvalue weighted by molar-refractivity contribution is 0.185. The molecule has 1 aromatic heterocycles. The van der Waals surface area contributed by atoms with E-state index in [4.69, 9.17) is 0 Å². The third kappa shape index (κ3) is 3.53. The summed E-state index contributed by atoms with van der Waals surface area (Å²) in [6, 6.07) is 9.68. The number of aromatic nitrogens is 2. The van der Waals surface area contributed by atoms with Crippen molar-refractivity contribution in [3.05, 3.63) is 51.9 Å². The van der Waals surface area contributed by atoms with Gasteiger partial charge in [-0.3, -0.25) is 9.89 Å². The molecule has 0 radical (unpaired) electrons. The zero-order chi connectivity index (χ0) is 18.8. The van der Waals surface area contributed by atoms with Crippen LogP contribution in [0.25, 0.3) is 5.69 Å². The highest BCUT2D eigenvalue weighted by Crippen LogP contribution is 2.32. The molecule has 4 rings (SSSR count). The summed E-state index contributed by atoms with van der Waals surface area (Å²) in [6.45, 7) is 2.63. The fourth-order valence-electron chi connectivity index (χ4n) is 4.53. The lowest BCUT2D eigenvalue weighted by Crippen LogP contribution is -2.45. The van der Waals surface area contributed by atoms with Crippen molar-refractivity contribution in [3.8, 4) is 5.69 Å². The van der Waals surface area contributed by atoms with E-state index in [1.54, 1.807) is 4.68 Å². The van der Waals surface area contributed by atoms with Crippen LogP contribution in [0.4, 0.5) is 4.79 Å². The Morgan fingerprint density at radius 2 is 1.81 bits per heavy atom. The molecule has 6 heteroatoms. The molecule has 144 valence electrons. The first-order valence-electron chi connectivity index (χ1n) is 10.1. The molecule has 2 N–H and O–H groups in total. The van der Waals surface area contributed by atoms with Crippen LogP contribution in [-0.2, 0) is 0 Å². The number of nitrogens with zero attached hydrogens (tertiary/aromatic N) is 2. The van der Waals surface area contributed by atoms with Gasteiger partial charge in [-0.1, -0.05) is 37.5 Å². The molecule has 0 bridgehead atoms. The van der Waals surface area contributed by atoms with E-state index in [1.165, 1.54) is 19.3 Å². The second kappa shape index (κ2) is 7.62.